The van der Waals surface area contributed by atoms with Gasteiger partial charge in [-0.2, -0.15) is 0 Å². The van der Waals surface area contributed by atoms with E-state index in [1.165, 1.54) is 57.8 Å². The summed E-state index contributed by atoms with van der Waals surface area (Å²) in [7, 11) is 0. The molecule has 0 fully saturated rings. The van der Waals surface area contributed by atoms with Crippen molar-refractivity contribution in [2.75, 3.05) is 6.61 Å². The number of aliphatic hydroxyl groups excluding tert-OH is 1. The molecule has 0 unspecified atom stereocenters. The van der Waals surface area contributed by atoms with E-state index in [0.29, 0.717) is 12.4 Å². The van der Waals surface area contributed by atoms with E-state index >= 15 is 0 Å². The van der Waals surface area contributed by atoms with Crippen LogP contribution in [0.4, 0.5) is 0 Å². The van der Waals surface area contributed by atoms with Crippen molar-refractivity contribution in [2.45, 2.75) is 98.3 Å². The summed E-state index contributed by atoms with van der Waals surface area (Å²) in [6, 6.07) is 0. The van der Waals surface area contributed by atoms with Crippen molar-refractivity contribution in [3.05, 3.63) is 23.2 Å². The first kappa shape index (κ1) is 20.1. The topological polar surface area (TPSA) is 29.5 Å². The Morgan fingerprint density at radius 2 is 1.43 bits per heavy atom. The fourth-order valence-electron chi connectivity index (χ4n) is 3.09. The lowest BCUT2D eigenvalue weighted by atomic mass is 9.83. The summed E-state index contributed by atoms with van der Waals surface area (Å²) in [6.07, 6.45) is 16.2. The van der Waals surface area contributed by atoms with Gasteiger partial charge in [0.25, 0.3) is 0 Å². The molecule has 0 radical (unpaired) electrons. The fourth-order valence-corrected chi connectivity index (χ4v) is 3.09. The van der Waals surface area contributed by atoms with E-state index in [4.69, 9.17) is 4.74 Å². The minimum Gasteiger partial charge on any atom is -0.507 e. The monoisotopic (exact) mass is 322 g/mol. The molecule has 0 aromatic carbocycles. The van der Waals surface area contributed by atoms with E-state index in [-0.39, 0.29) is 5.41 Å². The average Bonchev–Trinajstić information content (AvgIpc) is 2.49. The van der Waals surface area contributed by atoms with Crippen molar-refractivity contribution in [2.24, 2.45) is 5.41 Å². The number of rotatable bonds is 11. The van der Waals surface area contributed by atoms with Crippen LogP contribution < -0.4 is 0 Å². The zero-order valence-electron chi connectivity index (χ0n) is 15.9. The molecule has 0 saturated carbocycles. The van der Waals surface area contributed by atoms with Gasteiger partial charge in [-0.25, -0.2) is 0 Å². The maximum atomic E-state index is 10.4. The van der Waals surface area contributed by atoms with Crippen molar-refractivity contribution in [3.8, 4) is 0 Å². The Morgan fingerprint density at radius 1 is 0.913 bits per heavy atom. The second-order valence-corrected chi connectivity index (χ2v) is 7.98. The van der Waals surface area contributed by atoms with Gasteiger partial charge < -0.3 is 9.84 Å². The van der Waals surface area contributed by atoms with Crippen LogP contribution in [-0.2, 0) is 4.74 Å². The van der Waals surface area contributed by atoms with Gasteiger partial charge >= 0.3 is 0 Å². The van der Waals surface area contributed by atoms with Crippen molar-refractivity contribution in [3.63, 3.8) is 0 Å². The Bertz CT molecular complexity index is 385. The van der Waals surface area contributed by atoms with Crippen molar-refractivity contribution >= 4 is 0 Å². The molecule has 0 amide bonds. The van der Waals surface area contributed by atoms with Crippen LogP contribution in [0.15, 0.2) is 23.2 Å². The average molecular weight is 323 g/mol. The molecule has 0 bridgehead atoms. The van der Waals surface area contributed by atoms with E-state index < -0.39 is 0 Å². The predicted octanol–water partition coefficient (Wildman–Crippen LogP) is 7.07. The molecule has 1 rings (SSSR count). The largest absolute Gasteiger partial charge is 0.507 e. The summed E-state index contributed by atoms with van der Waals surface area (Å²) in [6.45, 7) is 9.17. The van der Waals surface area contributed by atoms with Crippen LogP contribution in [0.25, 0.3) is 0 Å². The highest BCUT2D eigenvalue weighted by Crippen LogP contribution is 2.35. The van der Waals surface area contributed by atoms with Gasteiger partial charge in [0.05, 0.1) is 6.26 Å². The molecule has 0 saturated heterocycles. The van der Waals surface area contributed by atoms with Crippen LogP contribution in [0.3, 0.4) is 0 Å². The second-order valence-electron chi connectivity index (χ2n) is 7.98. The highest BCUT2D eigenvalue weighted by Gasteiger charge is 2.26. The Labute approximate surface area is 144 Å². The highest BCUT2D eigenvalue weighted by atomic mass is 16.5. The molecule has 1 aliphatic rings. The van der Waals surface area contributed by atoms with Crippen LogP contribution in [-0.4, -0.2) is 11.7 Å². The highest BCUT2D eigenvalue weighted by molar-refractivity contribution is 5.35. The third-order valence-corrected chi connectivity index (χ3v) is 4.69. The van der Waals surface area contributed by atoms with Gasteiger partial charge in [0.1, 0.15) is 12.4 Å². The molecule has 0 aromatic rings. The lowest BCUT2D eigenvalue weighted by Crippen LogP contribution is -2.18. The summed E-state index contributed by atoms with van der Waals surface area (Å²) in [5.74, 6) is 0.486. The van der Waals surface area contributed by atoms with Gasteiger partial charge in [-0.3, -0.25) is 0 Å². The predicted molar refractivity (Wildman–Crippen MR) is 99.6 cm³/mol. The van der Waals surface area contributed by atoms with Gasteiger partial charge in [-0.05, 0) is 18.3 Å². The van der Waals surface area contributed by atoms with Crippen LogP contribution >= 0.6 is 0 Å². The lowest BCUT2D eigenvalue weighted by Gasteiger charge is -2.27. The maximum Gasteiger partial charge on any atom is 0.124 e. The number of allylic oxidation sites excluding steroid dienone is 1. The van der Waals surface area contributed by atoms with E-state index in [1.807, 2.05) is 0 Å². The zero-order valence-corrected chi connectivity index (χ0v) is 15.9. The molecule has 1 N–H and O–H groups in total. The number of unbranched alkanes of at least 4 members (excludes halogenated alkanes) is 9. The standard InChI is InChI=1S/C21H38O2/c1-5-6-7-8-9-10-11-12-13-14-15-18-16-23-17-19(20(18)22)21(2,3)4/h17,22H,5-16H2,1-4H3. The summed E-state index contributed by atoms with van der Waals surface area (Å²) in [4.78, 5) is 0. The lowest BCUT2D eigenvalue weighted by molar-refractivity contribution is 0.232. The normalized spacial score (nSPS) is 15.6. The third-order valence-electron chi connectivity index (χ3n) is 4.69. The fraction of sp³-hybridized carbons (Fsp3) is 0.810. The second kappa shape index (κ2) is 10.8. The molecule has 0 atom stereocenters. The summed E-state index contributed by atoms with van der Waals surface area (Å²) in [5.41, 5.74) is 1.95. The van der Waals surface area contributed by atoms with Gasteiger partial charge in [-0.15, -0.1) is 0 Å². The third kappa shape index (κ3) is 7.94. The summed E-state index contributed by atoms with van der Waals surface area (Å²) in [5, 5.41) is 10.4. The van der Waals surface area contributed by atoms with E-state index in [1.54, 1.807) is 6.26 Å². The SMILES string of the molecule is CCCCCCCCCCCCC1=C(O)C(C(C)(C)C)=COC1. The first-order valence-electron chi connectivity index (χ1n) is 9.70. The molecule has 0 spiro atoms. The van der Waals surface area contributed by atoms with Gasteiger partial charge in [0.15, 0.2) is 0 Å². The summed E-state index contributed by atoms with van der Waals surface area (Å²) >= 11 is 0. The Hall–Kier alpha value is -0.920. The smallest absolute Gasteiger partial charge is 0.124 e. The zero-order chi connectivity index (χ0) is 17.1. The first-order valence-corrected chi connectivity index (χ1v) is 9.70. The number of hydrogen-bond acceptors (Lipinski definition) is 2. The number of aliphatic hydroxyl groups is 1. The molecular formula is C21H38O2. The quantitative estimate of drug-likeness (QED) is 0.412. The number of hydrogen-bond donors (Lipinski definition) is 1. The molecule has 2 heteroatoms. The molecule has 1 heterocycles. The van der Waals surface area contributed by atoms with Gasteiger partial charge in [-0.1, -0.05) is 85.5 Å². The molecule has 1 aliphatic heterocycles. The first-order chi connectivity index (χ1) is 11.0. The summed E-state index contributed by atoms with van der Waals surface area (Å²) < 4.78 is 5.55. The van der Waals surface area contributed by atoms with E-state index in [9.17, 15) is 5.11 Å². The molecule has 2 nitrogen and oxygen atoms in total. The number of ether oxygens (including phenoxy) is 1. The van der Waals surface area contributed by atoms with Crippen molar-refractivity contribution in [1.82, 2.24) is 0 Å². The van der Waals surface area contributed by atoms with Crippen molar-refractivity contribution < 1.29 is 9.84 Å². The molecule has 0 aromatic heterocycles. The Kier molecular flexibility index (Phi) is 9.43. The van der Waals surface area contributed by atoms with Crippen LogP contribution in [0.2, 0.25) is 0 Å². The van der Waals surface area contributed by atoms with E-state index in [2.05, 4.69) is 27.7 Å². The van der Waals surface area contributed by atoms with Gasteiger partial charge in [0, 0.05) is 11.1 Å². The van der Waals surface area contributed by atoms with Crippen LogP contribution in [0.1, 0.15) is 98.3 Å². The Morgan fingerprint density at radius 3 is 1.96 bits per heavy atom. The van der Waals surface area contributed by atoms with Gasteiger partial charge in [0.2, 0.25) is 0 Å². The van der Waals surface area contributed by atoms with Crippen LogP contribution in [0.5, 0.6) is 0 Å². The maximum absolute atomic E-state index is 10.4. The van der Waals surface area contributed by atoms with E-state index in [0.717, 1.165) is 24.0 Å². The van der Waals surface area contributed by atoms with Crippen molar-refractivity contribution in [1.29, 1.82) is 0 Å². The Balaban J connectivity index is 2.15. The molecule has 0 aliphatic carbocycles. The molecule has 134 valence electrons. The minimum atomic E-state index is -0.0620. The minimum absolute atomic E-state index is 0.0620. The van der Waals surface area contributed by atoms with Crippen LogP contribution in [0, 0.1) is 5.41 Å². The molecular weight excluding hydrogens is 284 g/mol. The molecule has 23 heavy (non-hydrogen) atoms.